The summed E-state index contributed by atoms with van der Waals surface area (Å²) in [7, 11) is 7.85. The van der Waals surface area contributed by atoms with Crippen LogP contribution in [0.15, 0.2) is 47.7 Å². The molecule has 1 aromatic carbocycles. The summed E-state index contributed by atoms with van der Waals surface area (Å²) in [5.74, 6) is 0.782. The second kappa shape index (κ2) is 10.0. The van der Waals surface area contributed by atoms with Gasteiger partial charge in [0.1, 0.15) is 6.54 Å². The molecule has 25 heavy (non-hydrogen) atoms. The Bertz CT molecular complexity index is 687. The van der Waals surface area contributed by atoms with Crippen molar-refractivity contribution in [3.8, 4) is 0 Å². The molecule has 1 heterocycles. The van der Waals surface area contributed by atoms with E-state index in [0.29, 0.717) is 6.54 Å². The van der Waals surface area contributed by atoms with Crippen LogP contribution >= 0.6 is 24.0 Å². The van der Waals surface area contributed by atoms with E-state index in [4.69, 9.17) is 0 Å². The minimum absolute atomic E-state index is 0. The molecule has 0 atom stereocenters. The van der Waals surface area contributed by atoms with Crippen molar-refractivity contribution in [1.29, 1.82) is 0 Å². The number of amides is 1. The molecule has 7 nitrogen and oxygen atoms in total. The van der Waals surface area contributed by atoms with Crippen LogP contribution < -0.4 is 5.32 Å². The molecule has 2 rings (SSSR count). The number of nitrogens with one attached hydrogen (secondary N) is 1. The smallest absolute Gasteiger partial charge is 0.246 e. The first kappa shape index (κ1) is 20.9. The number of rotatable bonds is 5. The molecule has 0 saturated heterocycles. The molecule has 0 bridgehead atoms. The maximum Gasteiger partial charge on any atom is 0.246 e. The van der Waals surface area contributed by atoms with Gasteiger partial charge >= 0.3 is 0 Å². The van der Waals surface area contributed by atoms with Gasteiger partial charge in [0, 0.05) is 46.3 Å². The zero-order valence-electron chi connectivity index (χ0n) is 15.0. The number of anilines is 1. The molecule has 0 saturated carbocycles. The molecule has 1 N–H and O–H groups in total. The molecule has 0 radical (unpaired) electrons. The highest BCUT2D eigenvalue weighted by Gasteiger charge is 2.06. The van der Waals surface area contributed by atoms with Gasteiger partial charge in [0.15, 0.2) is 5.96 Å². The van der Waals surface area contributed by atoms with Gasteiger partial charge in [0.25, 0.3) is 0 Å². The molecule has 2 aromatic rings. The standard InChI is InChI=1S/C17H24N6O.HI/c1-21(2)17(22(3)4)18-12-14-7-5-8-15(11-14)20-16(24)13-23-10-6-9-19-23;/h5-11H,12-13H2,1-4H3,(H,20,24);1H. The van der Waals surface area contributed by atoms with Crippen molar-refractivity contribution < 1.29 is 4.79 Å². The van der Waals surface area contributed by atoms with Gasteiger partial charge in [-0.15, -0.1) is 24.0 Å². The number of aliphatic imine (C=N–C) groups is 1. The molecule has 136 valence electrons. The van der Waals surface area contributed by atoms with Crippen molar-refractivity contribution in [1.82, 2.24) is 19.6 Å². The minimum atomic E-state index is -0.110. The average Bonchev–Trinajstić information content (AvgIpc) is 2.99. The Morgan fingerprint density at radius 2 is 1.92 bits per heavy atom. The van der Waals surface area contributed by atoms with Crippen LogP contribution in [0.4, 0.5) is 5.69 Å². The van der Waals surface area contributed by atoms with Crippen molar-refractivity contribution in [2.75, 3.05) is 33.5 Å². The summed E-state index contributed by atoms with van der Waals surface area (Å²) in [6.45, 7) is 0.745. The van der Waals surface area contributed by atoms with Crippen LogP contribution in [0.5, 0.6) is 0 Å². The van der Waals surface area contributed by atoms with E-state index in [1.165, 1.54) is 0 Å². The number of halogens is 1. The molecular formula is C17H25IN6O. The Hall–Kier alpha value is -2.10. The lowest BCUT2D eigenvalue weighted by Crippen LogP contribution is -2.35. The van der Waals surface area contributed by atoms with Crippen LogP contribution in [0, 0.1) is 0 Å². The third-order valence-corrected chi connectivity index (χ3v) is 3.28. The fraction of sp³-hybridized carbons (Fsp3) is 0.353. The summed E-state index contributed by atoms with van der Waals surface area (Å²) in [5.41, 5.74) is 1.80. The molecule has 1 aromatic heterocycles. The van der Waals surface area contributed by atoms with Crippen LogP contribution in [0.1, 0.15) is 5.56 Å². The Labute approximate surface area is 165 Å². The first-order valence-electron chi connectivity index (χ1n) is 7.71. The largest absolute Gasteiger partial charge is 0.349 e. The van der Waals surface area contributed by atoms with Gasteiger partial charge in [0.05, 0.1) is 6.54 Å². The minimum Gasteiger partial charge on any atom is -0.349 e. The van der Waals surface area contributed by atoms with Gasteiger partial charge in [-0.25, -0.2) is 4.99 Å². The number of guanidine groups is 1. The fourth-order valence-corrected chi connectivity index (χ4v) is 2.33. The van der Waals surface area contributed by atoms with Gasteiger partial charge in [-0.2, -0.15) is 5.10 Å². The maximum absolute atomic E-state index is 12.0. The van der Waals surface area contributed by atoms with Gasteiger partial charge in [0.2, 0.25) is 5.91 Å². The van der Waals surface area contributed by atoms with E-state index in [1.807, 2.05) is 62.3 Å². The first-order valence-corrected chi connectivity index (χ1v) is 7.71. The molecule has 0 aliphatic carbocycles. The van der Waals surface area contributed by atoms with Crippen molar-refractivity contribution >= 4 is 41.5 Å². The lowest BCUT2D eigenvalue weighted by Gasteiger charge is -2.22. The predicted molar refractivity (Wildman–Crippen MR) is 111 cm³/mol. The number of carbonyl (C=O) groups is 1. The summed E-state index contributed by atoms with van der Waals surface area (Å²) >= 11 is 0. The Morgan fingerprint density at radius 3 is 2.52 bits per heavy atom. The molecule has 8 heteroatoms. The van der Waals surface area contributed by atoms with Crippen LogP contribution in [-0.2, 0) is 17.9 Å². The maximum atomic E-state index is 12.0. The first-order chi connectivity index (χ1) is 11.5. The molecule has 0 aliphatic rings. The third-order valence-electron chi connectivity index (χ3n) is 3.28. The highest BCUT2D eigenvalue weighted by atomic mass is 127. The Balaban J connectivity index is 0.00000312. The summed E-state index contributed by atoms with van der Waals surface area (Å²) in [6.07, 6.45) is 3.41. The number of nitrogens with zero attached hydrogens (tertiary/aromatic N) is 5. The second-order valence-electron chi connectivity index (χ2n) is 5.86. The number of aromatic nitrogens is 2. The van der Waals surface area contributed by atoms with E-state index in [0.717, 1.165) is 17.2 Å². The van der Waals surface area contributed by atoms with Crippen molar-refractivity contribution in [2.45, 2.75) is 13.1 Å². The number of hydrogen-bond acceptors (Lipinski definition) is 3. The summed E-state index contributed by atoms with van der Waals surface area (Å²) in [5, 5.41) is 6.91. The van der Waals surface area contributed by atoms with E-state index in [1.54, 1.807) is 23.1 Å². The SMILES string of the molecule is CN(C)C(=NCc1cccc(NC(=O)Cn2cccn2)c1)N(C)C.I. The van der Waals surface area contributed by atoms with E-state index in [-0.39, 0.29) is 36.4 Å². The molecule has 0 spiro atoms. The average molecular weight is 456 g/mol. The fourth-order valence-electron chi connectivity index (χ4n) is 2.33. The Kier molecular flexibility index (Phi) is 8.39. The van der Waals surface area contributed by atoms with E-state index < -0.39 is 0 Å². The highest BCUT2D eigenvalue weighted by molar-refractivity contribution is 14.0. The molecule has 1 amide bonds. The molecule has 0 aliphatic heterocycles. The molecule has 0 fully saturated rings. The predicted octanol–water partition coefficient (Wildman–Crippen LogP) is 2.12. The van der Waals surface area contributed by atoms with Crippen molar-refractivity contribution in [3.05, 3.63) is 48.3 Å². The van der Waals surface area contributed by atoms with Crippen LogP contribution in [0.3, 0.4) is 0 Å². The Morgan fingerprint density at radius 1 is 1.20 bits per heavy atom. The van der Waals surface area contributed by atoms with Crippen molar-refractivity contribution in [2.24, 2.45) is 4.99 Å². The van der Waals surface area contributed by atoms with Gasteiger partial charge in [-0.1, -0.05) is 12.1 Å². The van der Waals surface area contributed by atoms with Gasteiger partial charge < -0.3 is 15.1 Å². The zero-order chi connectivity index (χ0) is 17.5. The van der Waals surface area contributed by atoms with Crippen LogP contribution in [0.25, 0.3) is 0 Å². The second-order valence-corrected chi connectivity index (χ2v) is 5.86. The van der Waals surface area contributed by atoms with Crippen LogP contribution in [0.2, 0.25) is 0 Å². The summed E-state index contributed by atoms with van der Waals surface area (Å²) in [6, 6.07) is 9.51. The number of carbonyl (C=O) groups excluding carboxylic acids is 1. The summed E-state index contributed by atoms with van der Waals surface area (Å²) in [4.78, 5) is 20.6. The monoisotopic (exact) mass is 456 g/mol. The van der Waals surface area contributed by atoms with Crippen molar-refractivity contribution in [3.63, 3.8) is 0 Å². The quantitative estimate of drug-likeness (QED) is 0.426. The van der Waals surface area contributed by atoms with E-state index in [9.17, 15) is 4.79 Å². The third kappa shape index (κ3) is 6.73. The topological polar surface area (TPSA) is 65.8 Å². The molecule has 0 unspecified atom stereocenters. The van der Waals surface area contributed by atoms with E-state index >= 15 is 0 Å². The lowest BCUT2D eigenvalue weighted by atomic mass is 10.2. The van der Waals surface area contributed by atoms with Gasteiger partial charge in [-0.3, -0.25) is 9.48 Å². The highest BCUT2D eigenvalue weighted by Crippen LogP contribution is 2.12. The number of hydrogen-bond donors (Lipinski definition) is 1. The number of benzene rings is 1. The van der Waals surface area contributed by atoms with Crippen LogP contribution in [-0.4, -0.2) is 59.6 Å². The summed E-state index contributed by atoms with van der Waals surface area (Å²) < 4.78 is 1.59. The van der Waals surface area contributed by atoms with Gasteiger partial charge in [-0.05, 0) is 23.8 Å². The lowest BCUT2D eigenvalue weighted by molar-refractivity contribution is -0.116. The van der Waals surface area contributed by atoms with E-state index in [2.05, 4.69) is 15.4 Å². The molecular weight excluding hydrogens is 431 g/mol. The zero-order valence-corrected chi connectivity index (χ0v) is 17.3. The normalized spacial score (nSPS) is 9.76.